The van der Waals surface area contributed by atoms with Crippen molar-refractivity contribution in [1.82, 2.24) is 4.90 Å². The molecule has 0 aromatic rings. The molecule has 0 spiro atoms. The first kappa shape index (κ1) is 16.8. The summed E-state index contributed by atoms with van der Waals surface area (Å²) in [6.07, 6.45) is 0.639. The van der Waals surface area contributed by atoms with Crippen LogP contribution < -0.4 is 5.73 Å². The van der Waals surface area contributed by atoms with E-state index in [2.05, 4.69) is 0 Å². The van der Waals surface area contributed by atoms with Crippen LogP contribution in [0.5, 0.6) is 0 Å². The standard InChI is InChI=1S/C14H26N2O4/c1-5-19-12(17)7-10-6-11(15)9-16(8-10)13(18)20-14(2,3)4/h10-11H,5-9,15H2,1-4H3. The number of hydrogen-bond acceptors (Lipinski definition) is 5. The number of amides is 1. The van der Waals surface area contributed by atoms with E-state index in [-0.39, 0.29) is 24.0 Å². The van der Waals surface area contributed by atoms with Gasteiger partial charge in [0.2, 0.25) is 0 Å². The Morgan fingerprint density at radius 1 is 1.30 bits per heavy atom. The number of carbonyl (C=O) groups excluding carboxylic acids is 2. The second kappa shape index (κ2) is 6.92. The number of nitrogens with zero attached hydrogens (tertiary/aromatic N) is 1. The predicted molar refractivity (Wildman–Crippen MR) is 75.1 cm³/mol. The Morgan fingerprint density at radius 3 is 2.50 bits per heavy atom. The Kier molecular flexibility index (Phi) is 5.80. The van der Waals surface area contributed by atoms with Crippen LogP contribution in [0.4, 0.5) is 4.79 Å². The average Bonchev–Trinajstić information content (AvgIpc) is 2.25. The molecule has 2 unspecified atom stereocenters. The van der Waals surface area contributed by atoms with Crippen molar-refractivity contribution < 1.29 is 19.1 Å². The number of rotatable bonds is 3. The Bertz CT molecular complexity index is 352. The van der Waals surface area contributed by atoms with E-state index < -0.39 is 5.60 Å². The Hall–Kier alpha value is -1.30. The Morgan fingerprint density at radius 2 is 1.95 bits per heavy atom. The molecule has 1 heterocycles. The molecular formula is C14H26N2O4. The molecule has 1 amide bonds. The lowest BCUT2D eigenvalue weighted by Crippen LogP contribution is -2.51. The number of piperidine rings is 1. The van der Waals surface area contributed by atoms with E-state index in [1.165, 1.54) is 0 Å². The topological polar surface area (TPSA) is 81.9 Å². The smallest absolute Gasteiger partial charge is 0.410 e. The van der Waals surface area contributed by atoms with Crippen molar-refractivity contribution in [2.45, 2.75) is 52.2 Å². The minimum absolute atomic E-state index is 0.0327. The first-order chi connectivity index (χ1) is 9.21. The third kappa shape index (κ3) is 5.77. The fourth-order valence-corrected chi connectivity index (χ4v) is 2.33. The zero-order chi connectivity index (χ0) is 15.3. The molecular weight excluding hydrogens is 260 g/mol. The van der Waals surface area contributed by atoms with Crippen molar-refractivity contribution in [3.05, 3.63) is 0 Å². The molecule has 20 heavy (non-hydrogen) atoms. The van der Waals surface area contributed by atoms with Crippen molar-refractivity contribution in [3.63, 3.8) is 0 Å². The van der Waals surface area contributed by atoms with E-state index in [0.717, 1.165) is 6.42 Å². The van der Waals surface area contributed by atoms with Crippen LogP contribution in [0.2, 0.25) is 0 Å². The van der Waals surface area contributed by atoms with Gasteiger partial charge in [0.1, 0.15) is 5.60 Å². The van der Waals surface area contributed by atoms with Crippen molar-refractivity contribution in [1.29, 1.82) is 0 Å². The predicted octanol–water partition coefficient (Wildman–Crippen LogP) is 1.52. The molecule has 0 aliphatic carbocycles. The summed E-state index contributed by atoms with van der Waals surface area (Å²) < 4.78 is 10.3. The molecule has 0 radical (unpaired) electrons. The van der Waals surface area contributed by atoms with Crippen LogP contribution in [0.3, 0.4) is 0 Å². The minimum Gasteiger partial charge on any atom is -0.466 e. The molecule has 2 N–H and O–H groups in total. The maximum absolute atomic E-state index is 12.0. The number of likely N-dealkylation sites (tertiary alicyclic amines) is 1. The summed E-state index contributed by atoms with van der Waals surface area (Å²) in [7, 11) is 0. The number of esters is 1. The van der Waals surface area contributed by atoms with Gasteiger partial charge < -0.3 is 20.1 Å². The molecule has 116 valence electrons. The summed E-state index contributed by atoms with van der Waals surface area (Å²) in [4.78, 5) is 25.2. The Balaban J connectivity index is 2.57. The SMILES string of the molecule is CCOC(=O)CC1CC(N)CN(C(=O)OC(C)(C)C)C1. The van der Waals surface area contributed by atoms with Gasteiger partial charge in [-0.3, -0.25) is 4.79 Å². The van der Waals surface area contributed by atoms with Crippen molar-refractivity contribution >= 4 is 12.1 Å². The quantitative estimate of drug-likeness (QED) is 0.795. The van der Waals surface area contributed by atoms with Crippen LogP contribution in [-0.2, 0) is 14.3 Å². The lowest BCUT2D eigenvalue weighted by atomic mass is 9.92. The summed E-state index contributed by atoms with van der Waals surface area (Å²) in [6, 6.07) is -0.129. The summed E-state index contributed by atoms with van der Waals surface area (Å²) in [5.74, 6) is -0.207. The lowest BCUT2D eigenvalue weighted by molar-refractivity contribution is -0.144. The van der Waals surface area contributed by atoms with Crippen LogP contribution in [-0.4, -0.2) is 48.3 Å². The molecule has 0 bridgehead atoms. The highest BCUT2D eigenvalue weighted by Gasteiger charge is 2.32. The molecule has 0 aromatic heterocycles. The van der Waals surface area contributed by atoms with Gasteiger partial charge in [-0.2, -0.15) is 0 Å². The third-order valence-electron chi connectivity index (χ3n) is 2.98. The fourth-order valence-electron chi connectivity index (χ4n) is 2.33. The molecule has 1 aliphatic rings. The van der Waals surface area contributed by atoms with Gasteiger partial charge in [0.05, 0.1) is 13.0 Å². The number of carbonyl (C=O) groups is 2. The second-order valence-electron chi connectivity index (χ2n) is 6.26. The van der Waals surface area contributed by atoms with E-state index >= 15 is 0 Å². The maximum Gasteiger partial charge on any atom is 0.410 e. The van der Waals surface area contributed by atoms with Gasteiger partial charge in [0.25, 0.3) is 0 Å². The van der Waals surface area contributed by atoms with E-state index in [1.807, 2.05) is 20.8 Å². The highest BCUT2D eigenvalue weighted by atomic mass is 16.6. The average molecular weight is 286 g/mol. The highest BCUT2D eigenvalue weighted by molar-refractivity contribution is 5.70. The van der Waals surface area contributed by atoms with Crippen LogP contribution in [0, 0.1) is 5.92 Å². The molecule has 0 aromatic carbocycles. The summed E-state index contributed by atoms with van der Waals surface area (Å²) in [5.41, 5.74) is 5.43. The Labute approximate surface area is 120 Å². The molecule has 6 nitrogen and oxygen atoms in total. The molecule has 6 heteroatoms. The van der Waals surface area contributed by atoms with Crippen molar-refractivity contribution in [3.8, 4) is 0 Å². The fraction of sp³-hybridized carbons (Fsp3) is 0.857. The maximum atomic E-state index is 12.0. The van der Waals surface area contributed by atoms with Crippen LogP contribution in [0.25, 0.3) is 0 Å². The zero-order valence-corrected chi connectivity index (χ0v) is 12.8. The summed E-state index contributed by atoms with van der Waals surface area (Å²) >= 11 is 0. The molecule has 1 rings (SSSR count). The molecule has 1 saturated heterocycles. The molecule has 1 fully saturated rings. The van der Waals surface area contributed by atoms with Gasteiger partial charge in [-0.15, -0.1) is 0 Å². The molecule has 0 saturated carbocycles. The van der Waals surface area contributed by atoms with E-state index in [1.54, 1.807) is 11.8 Å². The van der Waals surface area contributed by atoms with E-state index in [0.29, 0.717) is 26.1 Å². The van der Waals surface area contributed by atoms with Crippen molar-refractivity contribution in [2.24, 2.45) is 11.7 Å². The highest BCUT2D eigenvalue weighted by Crippen LogP contribution is 2.21. The third-order valence-corrected chi connectivity index (χ3v) is 2.98. The largest absolute Gasteiger partial charge is 0.466 e. The second-order valence-corrected chi connectivity index (χ2v) is 6.26. The summed E-state index contributed by atoms with van der Waals surface area (Å²) in [6.45, 7) is 8.57. The van der Waals surface area contributed by atoms with Crippen LogP contribution in [0.1, 0.15) is 40.5 Å². The number of hydrogen-bond donors (Lipinski definition) is 1. The zero-order valence-electron chi connectivity index (χ0n) is 12.8. The number of ether oxygens (including phenoxy) is 2. The normalized spacial score (nSPS) is 23.4. The minimum atomic E-state index is -0.532. The van der Waals surface area contributed by atoms with Crippen LogP contribution >= 0.6 is 0 Å². The van der Waals surface area contributed by atoms with E-state index in [4.69, 9.17) is 15.2 Å². The van der Waals surface area contributed by atoms with E-state index in [9.17, 15) is 9.59 Å². The monoisotopic (exact) mass is 286 g/mol. The first-order valence-corrected chi connectivity index (χ1v) is 7.10. The van der Waals surface area contributed by atoms with Gasteiger partial charge in [-0.1, -0.05) is 0 Å². The first-order valence-electron chi connectivity index (χ1n) is 7.10. The van der Waals surface area contributed by atoms with Gasteiger partial charge in [-0.05, 0) is 40.0 Å². The van der Waals surface area contributed by atoms with Gasteiger partial charge in [0.15, 0.2) is 0 Å². The summed E-state index contributed by atoms with van der Waals surface area (Å²) in [5, 5.41) is 0. The van der Waals surface area contributed by atoms with Crippen molar-refractivity contribution in [2.75, 3.05) is 19.7 Å². The lowest BCUT2D eigenvalue weighted by Gasteiger charge is -2.36. The van der Waals surface area contributed by atoms with Gasteiger partial charge in [-0.25, -0.2) is 4.79 Å². The number of nitrogens with two attached hydrogens (primary N) is 1. The molecule has 2 atom stereocenters. The van der Waals surface area contributed by atoms with Crippen LogP contribution in [0.15, 0.2) is 0 Å². The molecule has 1 aliphatic heterocycles. The van der Waals surface area contributed by atoms with Gasteiger partial charge in [0, 0.05) is 19.1 Å². The van der Waals surface area contributed by atoms with Gasteiger partial charge >= 0.3 is 12.1 Å².